The number of carboxylic acids is 1. The minimum Gasteiger partial charge on any atom is -0.480 e. The lowest BCUT2D eigenvalue weighted by molar-refractivity contribution is -0.141. The summed E-state index contributed by atoms with van der Waals surface area (Å²) >= 11 is 7.96. The maximum atomic E-state index is 13.2. The van der Waals surface area contributed by atoms with Crippen molar-refractivity contribution in [3.63, 3.8) is 0 Å². The lowest BCUT2D eigenvalue weighted by atomic mass is 10.0. The molecule has 4 atom stereocenters. The third-order valence-corrected chi connectivity index (χ3v) is 5.62. The van der Waals surface area contributed by atoms with E-state index >= 15 is 0 Å². The predicted octanol–water partition coefficient (Wildman–Crippen LogP) is -1.08. The van der Waals surface area contributed by atoms with Crippen LogP contribution in [0.25, 0.3) is 0 Å². The molecule has 0 bridgehead atoms. The molecule has 7 N–H and O–H groups in total. The second-order valence-electron chi connectivity index (χ2n) is 7.46. The van der Waals surface area contributed by atoms with E-state index in [-0.39, 0.29) is 24.3 Å². The van der Waals surface area contributed by atoms with Crippen molar-refractivity contribution in [2.45, 2.75) is 37.0 Å². The highest BCUT2D eigenvalue weighted by atomic mass is 32.1. The Hall–Kier alpha value is -3.03. The summed E-state index contributed by atoms with van der Waals surface area (Å²) in [7, 11) is 0. The Morgan fingerprint density at radius 2 is 1.50 bits per heavy atom. The van der Waals surface area contributed by atoms with Gasteiger partial charge in [0.05, 0.1) is 12.4 Å². The summed E-state index contributed by atoms with van der Waals surface area (Å²) in [6.07, 6.45) is 3.05. The molecular formula is C21H28N6O5S2. The van der Waals surface area contributed by atoms with E-state index in [4.69, 9.17) is 5.73 Å². The van der Waals surface area contributed by atoms with E-state index < -0.39 is 47.9 Å². The van der Waals surface area contributed by atoms with Crippen LogP contribution in [0.15, 0.2) is 42.9 Å². The fraction of sp³-hybridized carbons (Fsp3) is 0.381. The molecule has 1 heterocycles. The van der Waals surface area contributed by atoms with Crippen molar-refractivity contribution < 1.29 is 24.3 Å². The molecule has 184 valence electrons. The Kier molecular flexibility index (Phi) is 10.9. The molecule has 0 fully saturated rings. The smallest absolute Gasteiger partial charge is 0.327 e. The predicted molar refractivity (Wildman–Crippen MR) is 132 cm³/mol. The summed E-state index contributed by atoms with van der Waals surface area (Å²) in [5.41, 5.74) is 7.06. The summed E-state index contributed by atoms with van der Waals surface area (Å²) in [5.74, 6) is -3.25. The molecule has 0 radical (unpaired) electrons. The highest BCUT2D eigenvalue weighted by Crippen LogP contribution is 2.06. The van der Waals surface area contributed by atoms with E-state index in [1.807, 2.05) is 6.07 Å². The molecule has 2 aromatic rings. The van der Waals surface area contributed by atoms with Crippen molar-refractivity contribution in [2.24, 2.45) is 5.73 Å². The van der Waals surface area contributed by atoms with Crippen LogP contribution in [0.4, 0.5) is 0 Å². The zero-order valence-electron chi connectivity index (χ0n) is 18.2. The van der Waals surface area contributed by atoms with Gasteiger partial charge in [0.2, 0.25) is 17.7 Å². The summed E-state index contributed by atoms with van der Waals surface area (Å²) in [6.45, 7) is 0. The van der Waals surface area contributed by atoms with Gasteiger partial charge in [0.25, 0.3) is 0 Å². The molecule has 0 saturated heterocycles. The lowest BCUT2D eigenvalue weighted by Crippen LogP contribution is -2.58. The highest BCUT2D eigenvalue weighted by Gasteiger charge is 2.30. The van der Waals surface area contributed by atoms with Crippen molar-refractivity contribution in [3.05, 3.63) is 54.1 Å². The second-order valence-corrected chi connectivity index (χ2v) is 8.19. The number of carbonyl (C=O) groups excluding carboxylic acids is 3. The van der Waals surface area contributed by atoms with Gasteiger partial charge in [-0.25, -0.2) is 9.78 Å². The van der Waals surface area contributed by atoms with E-state index in [9.17, 15) is 24.3 Å². The standard InChI is InChI=1S/C21H28N6O5S2/c22-14(9-33)18(28)25-15(6-12-4-2-1-3-5-12)19(29)26-16(7-13-8-23-11-24-13)20(30)27-17(10-34)21(31)32/h1-5,8,11,14-17,33-34H,6-7,9-10,22H2,(H,23,24)(H,25,28)(H,26,29)(H,27,30)(H,31,32). The van der Waals surface area contributed by atoms with Gasteiger partial charge in [0.1, 0.15) is 18.1 Å². The number of benzene rings is 1. The van der Waals surface area contributed by atoms with Gasteiger partial charge < -0.3 is 31.8 Å². The van der Waals surface area contributed by atoms with Gasteiger partial charge in [-0.1, -0.05) is 30.3 Å². The molecule has 13 heteroatoms. The zero-order valence-corrected chi connectivity index (χ0v) is 20.0. The van der Waals surface area contributed by atoms with E-state index in [1.165, 1.54) is 12.5 Å². The fourth-order valence-electron chi connectivity index (χ4n) is 2.98. The number of H-pyrrole nitrogens is 1. The molecular weight excluding hydrogens is 480 g/mol. The van der Waals surface area contributed by atoms with E-state index in [1.54, 1.807) is 24.3 Å². The third kappa shape index (κ3) is 8.39. The monoisotopic (exact) mass is 508 g/mol. The summed E-state index contributed by atoms with van der Waals surface area (Å²) in [6, 6.07) is 4.64. The minimum absolute atomic E-state index is 0.0125. The van der Waals surface area contributed by atoms with E-state index in [0.29, 0.717) is 5.69 Å². The fourth-order valence-corrected chi connectivity index (χ4v) is 3.39. The van der Waals surface area contributed by atoms with Crippen LogP contribution in [-0.2, 0) is 32.0 Å². The van der Waals surface area contributed by atoms with Crippen molar-refractivity contribution in [2.75, 3.05) is 11.5 Å². The molecule has 0 spiro atoms. The first-order valence-electron chi connectivity index (χ1n) is 10.4. The Bertz CT molecular complexity index is 960. The highest BCUT2D eigenvalue weighted by molar-refractivity contribution is 7.80. The van der Waals surface area contributed by atoms with Crippen molar-refractivity contribution in [1.82, 2.24) is 25.9 Å². The van der Waals surface area contributed by atoms with Crippen LogP contribution >= 0.6 is 25.3 Å². The Morgan fingerprint density at radius 3 is 2.03 bits per heavy atom. The number of thiol groups is 2. The first-order chi connectivity index (χ1) is 16.2. The number of nitrogens with two attached hydrogens (primary N) is 1. The topological polar surface area (TPSA) is 179 Å². The van der Waals surface area contributed by atoms with E-state index in [2.05, 4.69) is 51.2 Å². The number of amides is 3. The normalized spacial score (nSPS) is 14.3. The number of hydrogen-bond acceptors (Lipinski definition) is 8. The molecule has 4 unspecified atom stereocenters. The molecule has 34 heavy (non-hydrogen) atoms. The number of carboxylic acid groups (broad SMARTS) is 1. The first kappa shape index (κ1) is 27.2. The van der Waals surface area contributed by atoms with Crippen LogP contribution in [0.3, 0.4) is 0 Å². The largest absolute Gasteiger partial charge is 0.480 e. The van der Waals surface area contributed by atoms with Crippen molar-refractivity contribution in [3.8, 4) is 0 Å². The number of imidazole rings is 1. The van der Waals surface area contributed by atoms with Gasteiger partial charge in [0.15, 0.2) is 0 Å². The molecule has 3 amide bonds. The van der Waals surface area contributed by atoms with Gasteiger partial charge in [-0.3, -0.25) is 14.4 Å². The number of aromatic amines is 1. The third-order valence-electron chi connectivity index (χ3n) is 4.86. The second kappa shape index (κ2) is 13.6. The minimum atomic E-state index is -1.26. The van der Waals surface area contributed by atoms with Crippen LogP contribution in [0, 0.1) is 0 Å². The molecule has 2 rings (SSSR count). The van der Waals surface area contributed by atoms with Crippen LogP contribution in [0.2, 0.25) is 0 Å². The zero-order chi connectivity index (χ0) is 25.1. The average molecular weight is 509 g/mol. The van der Waals surface area contributed by atoms with Crippen LogP contribution in [0.5, 0.6) is 0 Å². The average Bonchev–Trinajstić information content (AvgIpc) is 3.34. The van der Waals surface area contributed by atoms with Crippen LogP contribution in [0.1, 0.15) is 11.3 Å². The number of nitrogens with zero attached hydrogens (tertiary/aromatic N) is 1. The van der Waals surface area contributed by atoms with Gasteiger partial charge in [-0.15, -0.1) is 0 Å². The molecule has 0 aliphatic heterocycles. The number of carbonyl (C=O) groups is 4. The van der Waals surface area contributed by atoms with Crippen LogP contribution in [-0.4, -0.2) is 74.4 Å². The maximum absolute atomic E-state index is 13.2. The molecule has 11 nitrogen and oxygen atoms in total. The Morgan fingerprint density at radius 1 is 0.912 bits per heavy atom. The Balaban J connectivity index is 2.24. The molecule has 1 aromatic heterocycles. The van der Waals surface area contributed by atoms with Crippen molar-refractivity contribution in [1.29, 1.82) is 0 Å². The van der Waals surface area contributed by atoms with E-state index in [0.717, 1.165) is 5.56 Å². The van der Waals surface area contributed by atoms with Crippen LogP contribution < -0.4 is 21.7 Å². The van der Waals surface area contributed by atoms with Crippen molar-refractivity contribution >= 4 is 48.9 Å². The van der Waals surface area contributed by atoms with Gasteiger partial charge >= 0.3 is 5.97 Å². The SMILES string of the molecule is NC(CS)C(=O)NC(Cc1ccccc1)C(=O)NC(Cc1cnc[nH]1)C(=O)NC(CS)C(=O)O. The molecule has 1 aromatic carbocycles. The number of rotatable bonds is 13. The molecule has 0 aliphatic rings. The Labute approximate surface area is 207 Å². The molecule has 0 aliphatic carbocycles. The summed E-state index contributed by atoms with van der Waals surface area (Å²) < 4.78 is 0. The molecule has 0 saturated carbocycles. The summed E-state index contributed by atoms with van der Waals surface area (Å²) in [5, 5.41) is 16.8. The number of aliphatic carboxylic acids is 1. The number of nitrogens with one attached hydrogen (secondary N) is 4. The first-order valence-corrected chi connectivity index (χ1v) is 11.6. The summed E-state index contributed by atoms with van der Waals surface area (Å²) in [4.78, 5) is 56.5. The maximum Gasteiger partial charge on any atom is 0.327 e. The van der Waals surface area contributed by atoms with Gasteiger partial charge in [-0.2, -0.15) is 25.3 Å². The number of hydrogen-bond donors (Lipinski definition) is 8. The lowest BCUT2D eigenvalue weighted by Gasteiger charge is -2.25. The van der Waals surface area contributed by atoms with Gasteiger partial charge in [-0.05, 0) is 5.56 Å². The quantitative estimate of drug-likeness (QED) is 0.159. The number of aromatic nitrogens is 2. The van der Waals surface area contributed by atoms with Gasteiger partial charge in [0, 0.05) is 36.2 Å².